The first-order valence-corrected chi connectivity index (χ1v) is 11.5. The third kappa shape index (κ3) is 4.92. The molecule has 5 nitrogen and oxygen atoms in total. The molecule has 6 heteroatoms. The number of ether oxygens (including phenoxy) is 2. The van der Waals surface area contributed by atoms with Crippen LogP contribution in [0.2, 0.25) is 0 Å². The third-order valence-electron chi connectivity index (χ3n) is 6.52. The molecule has 0 bridgehead atoms. The Hall–Kier alpha value is -3.38. The Labute approximate surface area is 200 Å². The number of carbonyl (C=O) groups is 1. The summed E-state index contributed by atoms with van der Waals surface area (Å²) in [6.07, 6.45) is 0.819. The second kappa shape index (κ2) is 10.3. The van der Waals surface area contributed by atoms with Gasteiger partial charge >= 0.3 is 0 Å². The summed E-state index contributed by atoms with van der Waals surface area (Å²) in [7, 11) is 3.25. The molecule has 1 amide bonds. The van der Waals surface area contributed by atoms with Crippen LogP contribution in [0.4, 0.5) is 4.39 Å². The van der Waals surface area contributed by atoms with Crippen LogP contribution in [0.15, 0.2) is 60.7 Å². The minimum absolute atomic E-state index is 0.107. The van der Waals surface area contributed by atoms with Crippen molar-refractivity contribution in [1.29, 1.82) is 0 Å². The van der Waals surface area contributed by atoms with Crippen LogP contribution >= 0.6 is 0 Å². The molecule has 3 aromatic rings. The average molecular weight is 463 g/mol. The first-order chi connectivity index (χ1) is 16.4. The zero-order valence-corrected chi connectivity index (χ0v) is 20.1. The van der Waals surface area contributed by atoms with Gasteiger partial charge in [-0.25, -0.2) is 4.39 Å². The van der Waals surface area contributed by atoms with Gasteiger partial charge in [0.2, 0.25) is 0 Å². The SMILES string of the molecule is COc1cc2c(cc1OC)C(C(C)NC(=O)c1ccccc1C)N(Cc1cccc(F)c1)CC2. The summed E-state index contributed by atoms with van der Waals surface area (Å²) in [5.74, 6) is 0.981. The largest absolute Gasteiger partial charge is 0.493 e. The Morgan fingerprint density at radius 3 is 2.53 bits per heavy atom. The fourth-order valence-electron chi connectivity index (χ4n) is 4.85. The van der Waals surface area contributed by atoms with Crippen LogP contribution in [0.5, 0.6) is 11.5 Å². The highest BCUT2D eigenvalue weighted by atomic mass is 19.1. The van der Waals surface area contributed by atoms with Crippen LogP contribution in [0.3, 0.4) is 0 Å². The van der Waals surface area contributed by atoms with E-state index in [1.165, 1.54) is 6.07 Å². The van der Waals surface area contributed by atoms with E-state index in [1.807, 2.05) is 56.3 Å². The fourth-order valence-corrected chi connectivity index (χ4v) is 4.85. The monoisotopic (exact) mass is 462 g/mol. The molecule has 0 radical (unpaired) electrons. The summed E-state index contributed by atoms with van der Waals surface area (Å²) < 4.78 is 25.0. The Morgan fingerprint density at radius 2 is 1.82 bits per heavy atom. The quantitative estimate of drug-likeness (QED) is 0.533. The highest BCUT2D eigenvalue weighted by Gasteiger charge is 2.34. The van der Waals surface area contributed by atoms with Crippen LogP contribution in [-0.2, 0) is 13.0 Å². The molecule has 0 spiro atoms. The van der Waals surface area contributed by atoms with E-state index in [1.54, 1.807) is 26.4 Å². The number of rotatable bonds is 7. The number of hydrogen-bond donors (Lipinski definition) is 1. The zero-order valence-electron chi connectivity index (χ0n) is 20.1. The van der Waals surface area contributed by atoms with Gasteiger partial charge in [-0.1, -0.05) is 30.3 Å². The smallest absolute Gasteiger partial charge is 0.251 e. The summed E-state index contributed by atoms with van der Waals surface area (Å²) in [5, 5.41) is 3.21. The van der Waals surface area contributed by atoms with Gasteiger partial charge in [-0.3, -0.25) is 9.69 Å². The topological polar surface area (TPSA) is 50.8 Å². The molecule has 0 fully saturated rings. The van der Waals surface area contributed by atoms with Crippen molar-refractivity contribution in [3.63, 3.8) is 0 Å². The van der Waals surface area contributed by atoms with Crippen LogP contribution in [0.1, 0.15) is 45.6 Å². The standard InChI is InChI=1S/C28H31FN2O3/c1-18-8-5-6-11-23(18)28(32)30-19(2)27-24-16-26(34-4)25(33-3)15-21(24)12-13-31(27)17-20-9-7-10-22(29)14-20/h5-11,14-16,19,27H,12-13,17H2,1-4H3,(H,30,32). The summed E-state index contributed by atoms with van der Waals surface area (Å²) in [6.45, 7) is 5.29. The highest BCUT2D eigenvalue weighted by Crippen LogP contribution is 2.40. The molecule has 0 aliphatic carbocycles. The minimum atomic E-state index is -0.251. The Kier molecular flexibility index (Phi) is 7.17. The van der Waals surface area contributed by atoms with Crippen molar-refractivity contribution in [3.05, 3.63) is 94.3 Å². The van der Waals surface area contributed by atoms with Crippen LogP contribution in [0.25, 0.3) is 0 Å². The van der Waals surface area contributed by atoms with Crippen molar-refractivity contribution in [1.82, 2.24) is 10.2 Å². The van der Waals surface area contributed by atoms with E-state index in [4.69, 9.17) is 9.47 Å². The zero-order chi connectivity index (χ0) is 24.2. The van der Waals surface area contributed by atoms with Crippen molar-refractivity contribution in [3.8, 4) is 11.5 Å². The van der Waals surface area contributed by atoms with Gasteiger partial charge < -0.3 is 14.8 Å². The van der Waals surface area contributed by atoms with Gasteiger partial charge in [-0.15, -0.1) is 0 Å². The number of nitrogens with zero attached hydrogens (tertiary/aromatic N) is 1. The third-order valence-corrected chi connectivity index (χ3v) is 6.52. The number of nitrogens with one attached hydrogen (secondary N) is 1. The number of carbonyl (C=O) groups excluding carboxylic acids is 1. The van der Waals surface area contributed by atoms with Gasteiger partial charge in [0.05, 0.1) is 20.3 Å². The Balaban J connectivity index is 1.70. The number of halogens is 1. The van der Waals surface area contributed by atoms with Crippen molar-refractivity contribution in [2.75, 3.05) is 20.8 Å². The molecule has 0 aromatic heterocycles. The van der Waals surface area contributed by atoms with E-state index in [-0.39, 0.29) is 23.8 Å². The van der Waals surface area contributed by atoms with Crippen LogP contribution in [-0.4, -0.2) is 37.6 Å². The second-order valence-electron chi connectivity index (χ2n) is 8.78. The Morgan fingerprint density at radius 1 is 1.09 bits per heavy atom. The lowest BCUT2D eigenvalue weighted by Gasteiger charge is -2.41. The van der Waals surface area contributed by atoms with Gasteiger partial charge in [0.1, 0.15) is 5.82 Å². The molecule has 2 unspecified atom stereocenters. The normalized spacial score (nSPS) is 16.4. The van der Waals surface area contributed by atoms with Crippen molar-refractivity contribution in [2.24, 2.45) is 0 Å². The van der Waals surface area contributed by atoms with Gasteiger partial charge in [0.25, 0.3) is 5.91 Å². The van der Waals surface area contributed by atoms with Gasteiger partial charge in [0, 0.05) is 24.7 Å². The summed E-state index contributed by atoms with van der Waals surface area (Å²) in [5.41, 5.74) is 4.73. The number of fused-ring (bicyclic) bond motifs is 1. The lowest BCUT2D eigenvalue weighted by Crippen LogP contribution is -2.47. The maximum Gasteiger partial charge on any atom is 0.251 e. The molecular weight excluding hydrogens is 431 g/mol. The van der Waals surface area contributed by atoms with E-state index in [0.717, 1.165) is 35.2 Å². The second-order valence-corrected chi connectivity index (χ2v) is 8.78. The van der Waals surface area contributed by atoms with E-state index in [9.17, 15) is 9.18 Å². The molecule has 0 saturated heterocycles. The fraction of sp³-hybridized carbons (Fsp3) is 0.321. The first kappa shape index (κ1) is 23.8. The van der Waals surface area contributed by atoms with Crippen molar-refractivity contribution in [2.45, 2.75) is 38.9 Å². The molecule has 178 valence electrons. The van der Waals surface area contributed by atoms with Crippen molar-refractivity contribution >= 4 is 5.91 Å². The number of benzene rings is 3. The van der Waals surface area contributed by atoms with E-state index in [0.29, 0.717) is 23.6 Å². The molecule has 1 heterocycles. The maximum absolute atomic E-state index is 13.9. The van der Waals surface area contributed by atoms with Gasteiger partial charge in [-0.05, 0) is 72.9 Å². The molecular formula is C28H31FN2O3. The summed E-state index contributed by atoms with van der Waals surface area (Å²) >= 11 is 0. The minimum Gasteiger partial charge on any atom is -0.493 e. The molecule has 4 rings (SSSR count). The maximum atomic E-state index is 13.9. The molecule has 1 aliphatic heterocycles. The summed E-state index contributed by atoms with van der Waals surface area (Å²) in [4.78, 5) is 15.4. The molecule has 34 heavy (non-hydrogen) atoms. The lowest BCUT2D eigenvalue weighted by molar-refractivity contribution is 0.0876. The van der Waals surface area contributed by atoms with E-state index in [2.05, 4.69) is 10.2 Å². The number of aryl methyl sites for hydroxylation is 1. The molecule has 1 aliphatic rings. The molecule has 1 N–H and O–H groups in total. The van der Waals surface area contributed by atoms with E-state index < -0.39 is 0 Å². The predicted octanol–water partition coefficient (Wildman–Crippen LogP) is 5.07. The van der Waals surface area contributed by atoms with Crippen LogP contribution < -0.4 is 14.8 Å². The lowest BCUT2D eigenvalue weighted by atomic mass is 9.87. The molecule has 3 aromatic carbocycles. The van der Waals surface area contributed by atoms with Crippen LogP contribution in [0, 0.1) is 12.7 Å². The van der Waals surface area contributed by atoms with Gasteiger partial charge in [0.15, 0.2) is 11.5 Å². The average Bonchev–Trinajstić information content (AvgIpc) is 2.83. The first-order valence-electron chi connectivity index (χ1n) is 11.5. The Bertz CT molecular complexity index is 1180. The number of methoxy groups -OCH3 is 2. The molecule has 2 atom stereocenters. The number of hydrogen-bond acceptors (Lipinski definition) is 4. The van der Waals surface area contributed by atoms with Gasteiger partial charge in [-0.2, -0.15) is 0 Å². The predicted molar refractivity (Wildman–Crippen MR) is 131 cm³/mol. The van der Waals surface area contributed by atoms with E-state index >= 15 is 0 Å². The summed E-state index contributed by atoms with van der Waals surface area (Å²) in [6, 6.07) is 17.9. The number of amides is 1. The molecule has 0 saturated carbocycles. The van der Waals surface area contributed by atoms with Crippen molar-refractivity contribution < 1.29 is 18.7 Å². The highest BCUT2D eigenvalue weighted by molar-refractivity contribution is 5.95.